The van der Waals surface area contributed by atoms with Gasteiger partial charge in [-0.1, -0.05) is 20.8 Å². The van der Waals surface area contributed by atoms with Crippen LogP contribution < -0.4 is 0 Å². The number of nitrogens with zero attached hydrogens (tertiary/aromatic N) is 3. The first-order chi connectivity index (χ1) is 7.07. The van der Waals surface area contributed by atoms with Crippen LogP contribution in [-0.2, 0) is 5.41 Å². The molecule has 0 fully saturated rings. The summed E-state index contributed by atoms with van der Waals surface area (Å²) in [5.41, 5.74) is 1.89. The highest BCUT2D eigenvalue weighted by atomic mass is 14.9. The van der Waals surface area contributed by atoms with Crippen LogP contribution in [0, 0.1) is 0 Å². The van der Waals surface area contributed by atoms with E-state index in [-0.39, 0.29) is 5.41 Å². The van der Waals surface area contributed by atoms with E-state index in [0.29, 0.717) is 0 Å². The van der Waals surface area contributed by atoms with Crippen LogP contribution in [0.2, 0.25) is 0 Å². The average molecular weight is 202 g/mol. The topological polar surface area (TPSA) is 54.5 Å². The smallest absolute Gasteiger partial charge is 0.133 e. The maximum Gasteiger partial charge on any atom is 0.133 e. The number of hydrogen-bond acceptors (Lipinski definition) is 3. The summed E-state index contributed by atoms with van der Waals surface area (Å²) < 4.78 is 0. The van der Waals surface area contributed by atoms with Crippen molar-refractivity contribution >= 4 is 0 Å². The van der Waals surface area contributed by atoms with Gasteiger partial charge in [0.05, 0.1) is 18.2 Å². The highest BCUT2D eigenvalue weighted by Crippen LogP contribution is 2.19. The van der Waals surface area contributed by atoms with Crippen molar-refractivity contribution in [1.82, 2.24) is 19.9 Å². The average Bonchev–Trinajstić information content (AvgIpc) is 2.69. The molecule has 0 saturated heterocycles. The highest BCUT2D eigenvalue weighted by Gasteiger charge is 2.16. The van der Waals surface area contributed by atoms with Gasteiger partial charge in [-0.25, -0.2) is 15.0 Å². The van der Waals surface area contributed by atoms with E-state index in [1.54, 1.807) is 12.5 Å². The minimum atomic E-state index is -0.00743. The molecule has 0 bridgehead atoms. The van der Waals surface area contributed by atoms with Crippen LogP contribution in [-0.4, -0.2) is 19.9 Å². The number of aromatic amines is 1. The lowest BCUT2D eigenvalue weighted by Gasteiger charge is -2.15. The van der Waals surface area contributed by atoms with Crippen molar-refractivity contribution in [3.05, 3.63) is 30.7 Å². The van der Waals surface area contributed by atoms with Crippen molar-refractivity contribution < 1.29 is 0 Å². The van der Waals surface area contributed by atoms with E-state index >= 15 is 0 Å². The Balaban J connectivity index is 2.33. The van der Waals surface area contributed by atoms with Gasteiger partial charge in [-0.3, -0.25) is 0 Å². The summed E-state index contributed by atoms with van der Waals surface area (Å²) in [7, 11) is 0. The van der Waals surface area contributed by atoms with Crippen molar-refractivity contribution in [2.24, 2.45) is 0 Å². The van der Waals surface area contributed by atoms with Gasteiger partial charge in [0, 0.05) is 23.4 Å². The van der Waals surface area contributed by atoms with Crippen LogP contribution in [0.25, 0.3) is 11.3 Å². The molecule has 0 aliphatic rings. The van der Waals surface area contributed by atoms with Crippen molar-refractivity contribution in [3.8, 4) is 11.3 Å². The first-order valence-electron chi connectivity index (χ1n) is 4.88. The molecule has 0 saturated carbocycles. The van der Waals surface area contributed by atoms with Gasteiger partial charge in [-0.05, 0) is 0 Å². The predicted molar refractivity (Wildman–Crippen MR) is 58.3 cm³/mol. The Kier molecular flexibility index (Phi) is 2.26. The van der Waals surface area contributed by atoms with E-state index < -0.39 is 0 Å². The third-order valence-corrected chi connectivity index (χ3v) is 2.13. The minimum Gasteiger partial charge on any atom is -0.345 e. The number of rotatable bonds is 1. The fraction of sp³-hybridized carbons (Fsp3) is 0.364. The van der Waals surface area contributed by atoms with Gasteiger partial charge < -0.3 is 4.98 Å². The maximum absolute atomic E-state index is 4.35. The monoisotopic (exact) mass is 202 g/mol. The summed E-state index contributed by atoms with van der Waals surface area (Å²) in [6, 6.07) is 0. The number of H-pyrrole nitrogens is 1. The minimum absolute atomic E-state index is 0.00743. The van der Waals surface area contributed by atoms with Crippen LogP contribution in [0.4, 0.5) is 0 Å². The summed E-state index contributed by atoms with van der Waals surface area (Å²) >= 11 is 0. The second-order valence-corrected chi connectivity index (χ2v) is 4.51. The predicted octanol–water partition coefficient (Wildman–Crippen LogP) is 2.16. The van der Waals surface area contributed by atoms with Gasteiger partial charge in [0.1, 0.15) is 5.82 Å². The maximum atomic E-state index is 4.35. The van der Waals surface area contributed by atoms with Gasteiger partial charge >= 0.3 is 0 Å². The van der Waals surface area contributed by atoms with Gasteiger partial charge in [-0.15, -0.1) is 0 Å². The Labute approximate surface area is 88.8 Å². The molecule has 0 spiro atoms. The van der Waals surface area contributed by atoms with Crippen molar-refractivity contribution in [2.75, 3.05) is 0 Å². The van der Waals surface area contributed by atoms with Gasteiger partial charge in [0.2, 0.25) is 0 Å². The number of nitrogens with one attached hydrogen (secondary N) is 1. The molecule has 0 aliphatic heterocycles. The van der Waals surface area contributed by atoms with Gasteiger partial charge in [0.15, 0.2) is 0 Å². The van der Waals surface area contributed by atoms with E-state index in [1.807, 2.05) is 12.4 Å². The van der Waals surface area contributed by atoms with E-state index in [4.69, 9.17) is 0 Å². The fourth-order valence-electron chi connectivity index (χ4n) is 1.27. The summed E-state index contributed by atoms with van der Waals surface area (Å²) in [6.45, 7) is 6.29. The molecular formula is C11H14N4. The lowest BCUT2D eigenvalue weighted by Crippen LogP contribution is -2.15. The first kappa shape index (κ1) is 9.83. The first-order valence-corrected chi connectivity index (χ1v) is 4.88. The van der Waals surface area contributed by atoms with Crippen LogP contribution in [0.5, 0.6) is 0 Å². The lowest BCUT2D eigenvalue weighted by molar-refractivity contribution is 0.545. The van der Waals surface area contributed by atoms with Crippen LogP contribution in [0.15, 0.2) is 24.9 Å². The Morgan fingerprint density at radius 3 is 2.20 bits per heavy atom. The van der Waals surface area contributed by atoms with Gasteiger partial charge in [-0.2, -0.15) is 0 Å². The van der Waals surface area contributed by atoms with E-state index in [9.17, 15) is 0 Å². The zero-order valence-corrected chi connectivity index (χ0v) is 9.15. The highest BCUT2D eigenvalue weighted by molar-refractivity contribution is 5.55. The Morgan fingerprint density at radius 1 is 1.07 bits per heavy atom. The Morgan fingerprint density at radius 2 is 1.73 bits per heavy atom. The largest absolute Gasteiger partial charge is 0.345 e. The van der Waals surface area contributed by atoms with E-state index in [0.717, 1.165) is 17.1 Å². The number of aromatic nitrogens is 4. The molecule has 1 N–H and O–H groups in total. The summed E-state index contributed by atoms with van der Waals surface area (Å²) in [6.07, 6.45) is 7.05. The zero-order chi connectivity index (χ0) is 10.9. The SMILES string of the molecule is CC(C)(C)c1ncc(-c2cnc[nH]2)cn1. The molecule has 0 aromatic carbocycles. The Bertz CT molecular complexity index is 423. The fourth-order valence-corrected chi connectivity index (χ4v) is 1.27. The molecule has 0 aliphatic carbocycles. The third kappa shape index (κ3) is 2.03. The van der Waals surface area contributed by atoms with E-state index in [2.05, 4.69) is 40.7 Å². The molecule has 0 amide bonds. The summed E-state index contributed by atoms with van der Waals surface area (Å²) in [5.74, 6) is 0.853. The molecule has 78 valence electrons. The molecule has 0 unspecified atom stereocenters. The van der Waals surface area contributed by atoms with Crippen LogP contribution in [0.3, 0.4) is 0 Å². The molecule has 2 aromatic rings. The molecule has 2 rings (SSSR count). The van der Waals surface area contributed by atoms with Gasteiger partial charge in [0.25, 0.3) is 0 Å². The van der Waals surface area contributed by atoms with Crippen LogP contribution >= 0.6 is 0 Å². The third-order valence-electron chi connectivity index (χ3n) is 2.13. The quantitative estimate of drug-likeness (QED) is 0.771. The molecule has 4 heteroatoms. The summed E-state index contributed by atoms with van der Waals surface area (Å²) in [4.78, 5) is 15.7. The van der Waals surface area contributed by atoms with Crippen molar-refractivity contribution in [3.63, 3.8) is 0 Å². The molecule has 0 radical (unpaired) electrons. The van der Waals surface area contributed by atoms with E-state index in [1.165, 1.54) is 0 Å². The second-order valence-electron chi connectivity index (χ2n) is 4.51. The molecule has 4 nitrogen and oxygen atoms in total. The standard InChI is InChI=1S/C11H14N4/c1-11(2,3)10-13-4-8(5-14-10)9-6-12-7-15-9/h4-7H,1-3H3,(H,12,15). The number of hydrogen-bond donors (Lipinski definition) is 1. The van der Waals surface area contributed by atoms with Crippen molar-refractivity contribution in [2.45, 2.75) is 26.2 Å². The zero-order valence-electron chi connectivity index (χ0n) is 9.15. The molecule has 2 aromatic heterocycles. The Hall–Kier alpha value is -1.71. The summed E-state index contributed by atoms with van der Waals surface area (Å²) in [5, 5.41) is 0. The second kappa shape index (κ2) is 3.46. The lowest BCUT2D eigenvalue weighted by atomic mass is 9.96. The normalized spacial score (nSPS) is 11.7. The molecule has 2 heterocycles. The number of imidazole rings is 1. The van der Waals surface area contributed by atoms with Crippen LogP contribution in [0.1, 0.15) is 26.6 Å². The molecular weight excluding hydrogens is 188 g/mol. The molecule has 0 atom stereocenters. The van der Waals surface area contributed by atoms with Crippen molar-refractivity contribution in [1.29, 1.82) is 0 Å². The molecule has 15 heavy (non-hydrogen) atoms.